The molecule has 7 heteroatoms. The smallest absolute Gasteiger partial charge is 0.251 e. The van der Waals surface area contributed by atoms with Gasteiger partial charge >= 0.3 is 0 Å². The summed E-state index contributed by atoms with van der Waals surface area (Å²) < 4.78 is 6.64. The molecule has 25 heavy (non-hydrogen) atoms. The van der Waals surface area contributed by atoms with Crippen molar-refractivity contribution >= 4 is 27.7 Å². The lowest BCUT2D eigenvalue weighted by molar-refractivity contribution is 0.0946. The maximum Gasteiger partial charge on any atom is 0.251 e. The van der Waals surface area contributed by atoms with Crippen LogP contribution in [0, 0.1) is 6.92 Å². The van der Waals surface area contributed by atoms with Crippen LogP contribution >= 0.6 is 15.9 Å². The van der Waals surface area contributed by atoms with E-state index in [2.05, 4.69) is 36.1 Å². The first kappa shape index (κ1) is 17.7. The Kier molecular flexibility index (Phi) is 5.86. The summed E-state index contributed by atoms with van der Waals surface area (Å²) in [5.41, 5.74) is 0.623. The Balaban J connectivity index is 1.50. The molecule has 0 atom stereocenters. The van der Waals surface area contributed by atoms with Gasteiger partial charge in [-0.3, -0.25) is 4.79 Å². The van der Waals surface area contributed by atoms with Gasteiger partial charge in [-0.05, 0) is 44.0 Å². The number of hydrogen-bond acceptors (Lipinski definition) is 5. The molecule has 0 unspecified atom stereocenters. The number of rotatable bonds is 6. The molecule has 132 valence electrons. The highest BCUT2D eigenvalue weighted by atomic mass is 79.9. The van der Waals surface area contributed by atoms with Crippen LogP contribution in [0.1, 0.15) is 29.0 Å². The fourth-order valence-corrected chi connectivity index (χ4v) is 3.00. The maximum absolute atomic E-state index is 12.0. The van der Waals surface area contributed by atoms with E-state index in [0.29, 0.717) is 30.4 Å². The summed E-state index contributed by atoms with van der Waals surface area (Å²) in [6, 6.07) is 9.10. The average Bonchev–Trinajstić information content (AvgIpc) is 3.13. The fourth-order valence-electron chi connectivity index (χ4n) is 2.73. The van der Waals surface area contributed by atoms with Crippen molar-refractivity contribution in [2.24, 2.45) is 0 Å². The summed E-state index contributed by atoms with van der Waals surface area (Å²) in [4.78, 5) is 23.1. The van der Waals surface area contributed by atoms with E-state index in [-0.39, 0.29) is 5.91 Å². The summed E-state index contributed by atoms with van der Waals surface area (Å²) in [6.07, 6.45) is 2.39. The zero-order chi connectivity index (χ0) is 17.6. The van der Waals surface area contributed by atoms with Crippen LogP contribution in [0.25, 0.3) is 0 Å². The van der Waals surface area contributed by atoms with Gasteiger partial charge < -0.3 is 15.0 Å². The van der Waals surface area contributed by atoms with Crippen molar-refractivity contribution in [3.63, 3.8) is 0 Å². The summed E-state index contributed by atoms with van der Waals surface area (Å²) >= 11 is 3.35. The van der Waals surface area contributed by atoms with E-state index in [1.165, 1.54) is 12.8 Å². The highest BCUT2D eigenvalue weighted by Crippen LogP contribution is 2.21. The maximum atomic E-state index is 12.0. The van der Waals surface area contributed by atoms with Gasteiger partial charge in [-0.1, -0.05) is 15.9 Å². The van der Waals surface area contributed by atoms with Gasteiger partial charge in [-0.25, -0.2) is 4.98 Å². The molecule has 1 saturated heterocycles. The summed E-state index contributed by atoms with van der Waals surface area (Å²) in [5.74, 6) is 2.04. The average molecular weight is 405 g/mol. The predicted octanol–water partition coefficient (Wildman–Crippen LogP) is 2.96. The molecule has 0 saturated carbocycles. The summed E-state index contributed by atoms with van der Waals surface area (Å²) in [5, 5.41) is 2.84. The van der Waals surface area contributed by atoms with E-state index in [0.717, 1.165) is 23.4 Å². The topological polar surface area (TPSA) is 67.3 Å². The van der Waals surface area contributed by atoms with Gasteiger partial charge in [0, 0.05) is 29.2 Å². The number of halogens is 1. The number of aromatic nitrogens is 2. The first-order valence-corrected chi connectivity index (χ1v) is 9.18. The summed E-state index contributed by atoms with van der Waals surface area (Å²) in [6.45, 7) is 4.69. The fraction of sp³-hybridized carbons (Fsp3) is 0.389. The molecule has 2 aromatic rings. The molecule has 1 N–H and O–H groups in total. The molecule has 0 bridgehead atoms. The first-order chi connectivity index (χ1) is 12.1. The van der Waals surface area contributed by atoms with E-state index >= 15 is 0 Å². The molecule has 0 spiro atoms. The first-order valence-electron chi connectivity index (χ1n) is 8.39. The SMILES string of the molecule is Cc1nc(OCCNC(=O)c2ccc(Br)cc2)cc(N2CCCC2)n1. The Labute approximate surface area is 155 Å². The molecule has 1 aromatic carbocycles. The Morgan fingerprint density at radius 2 is 1.96 bits per heavy atom. The third kappa shape index (κ3) is 4.92. The van der Waals surface area contributed by atoms with Gasteiger partial charge in [-0.2, -0.15) is 4.98 Å². The zero-order valence-corrected chi connectivity index (χ0v) is 15.8. The number of aryl methyl sites for hydroxylation is 1. The third-order valence-corrected chi connectivity index (χ3v) is 4.50. The second kappa shape index (κ2) is 8.29. The van der Waals surface area contributed by atoms with E-state index in [1.807, 2.05) is 25.1 Å². The van der Waals surface area contributed by atoms with Crippen LogP contribution in [0.5, 0.6) is 5.88 Å². The number of carbonyl (C=O) groups excluding carboxylic acids is 1. The Morgan fingerprint density at radius 3 is 2.68 bits per heavy atom. The van der Waals surface area contributed by atoms with Crippen LogP contribution in [-0.2, 0) is 0 Å². The highest BCUT2D eigenvalue weighted by molar-refractivity contribution is 9.10. The molecule has 1 fully saturated rings. The monoisotopic (exact) mass is 404 g/mol. The van der Waals surface area contributed by atoms with Crippen molar-refractivity contribution in [3.8, 4) is 5.88 Å². The van der Waals surface area contributed by atoms with Crippen molar-refractivity contribution < 1.29 is 9.53 Å². The summed E-state index contributed by atoms with van der Waals surface area (Å²) in [7, 11) is 0. The van der Waals surface area contributed by atoms with Gasteiger partial charge in [0.25, 0.3) is 5.91 Å². The number of anilines is 1. The van der Waals surface area contributed by atoms with E-state index in [1.54, 1.807) is 12.1 Å². The molecular formula is C18H21BrN4O2. The molecule has 1 aliphatic rings. The van der Waals surface area contributed by atoms with E-state index in [9.17, 15) is 4.79 Å². The lowest BCUT2D eigenvalue weighted by atomic mass is 10.2. The molecule has 1 aliphatic heterocycles. The normalized spacial score (nSPS) is 13.8. The van der Waals surface area contributed by atoms with Crippen LogP contribution < -0.4 is 15.0 Å². The van der Waals surface area contributed by atoms with Crippen molar-refractivity contribution in [3.05, 3.63) is 46.2 Å². The van der Waals surface area contributed by atoms with Crippen LogP contribution in [0.4, 0.5) is 5.82 Å². The second-order valence-electron chi connectivity index (χ2n) is 5.92. The number of benzene rings is 1. The largest absolute Gasteiger partial charge is 0.476 e. The molecular weight excluding hydrogens is 384 g/mol. The number of nitrogens with zero attached hydrogens (tertiary/aromatic N) is 3. The zero-order valence-electron chi connectivity index (χ0n) is 14.2. The third-order valence-electron chi connectivity index (χ3n) is 3.97. The van der Waals surface area contributed by atoms with Gasteiger partial charge in [-0.15, -0.1) is 0 Å². The molecule has 0 radical (unpaired) electrons. The molecule has 3 rings (SSSR count). The standard InChI is InChI=1S/C18H21BrN4O2/c1-13-21-16(23-9-2-3-10-23)12-17(22-13)25-11-8-20-18(24)14-4-6-15(19)7-5-14/h4-7,12H,2-3,8-11H2,1H3,(H,20,24). The van der Waals surface area contributed by atoms with Crippen LogP contribution in [-0.4, -0.2) is 42.1 Å². The van der Waals surface area contributed by atoms with Crippen molar-refractivity contribution in [1.82, 2.24) is 15.3 Å². The molecule has 0 aliphatic carbocycles. The molecule has 6 nitrogen and oxygen atoms in total. The number of ether oxygens (including phenoxy) is 1. The van der Waals surface area contributed by atoms with Crippen molar-refractivity contribution in [1.29, 1.82) is 0 Å². The van der Waals surface area contributed by atoms with Crippen LogP contribution in [0.3, 0.4) is 0 Å². The van der Waals surface area contributed by atoms with E-state index < -0.39 is 0 Å². The minimum absolute atomic E-state index is 0.118. The van der Waals surface area contributed by atoms with Crippen molar-refractivity contribution in [2.45, 2.75) is 19.8 Å². The number of hydrogen-bond donors (Lipinski definition) is 1. The van der Waals surface area contributed by atoms with Crippen LogP contribution in [0.2, 0.25) is 0 Å². The van der Waals surface area contributed by atoms with Gasteiger partial charge in [0.15, 0.2) is 0 Å². The van der Waals surface area contributed by atoms with Crippen LogP contribution in [0.15, 0.2) is 34.8 Å². The van der Waals surface area contributed by atoms with Gasteiger partial charge in [0.1, 0.15) is 18.2 Å². The van der Waals surface area contributed by atoms with Crippen molar-refractivity contribution in [2.75, 3.05) is 31.1 Å². The Morgan fingerprint density at radius 1 is 1.24 bits per heavy atom. The number of nitrogens with one attached hydrogen (secondary N) is 1. The molecule has 1 aromatic heterocycles. The molecule has 1 amide bonds. The highest BCUT2D eigenvalue weighted by Gasteiger charge is 2.15. The minimum atomic E-state index is -0.118. The number of carbonyl (C=O) groups is 1. The predicted molar refractivity (Wildman–Crippen MR) is 100 cm³/mol. The quantitative estimate of drug-likeness (QED) is 0.749. The molecule has 2 heterocycles. The number of amides is 1. The lowest BCUT2D eigenvalue weighted by Gasteiger charge is -2.17. The van der Waals surface area contributed by atoms with E-state index in [4.69, 9.17) is 4.74 Å². The minimum Gasteiger partial charge on any atom is -0.476 e. The Bertz CT molecular complexity index is 730. The van der Waals surface area contributed by atoms with Gasteiger partial charge in [0.2, 0.25) is 5.88 Å². The lowest BCUT2D eigenvalue weighted by Crippen LogP contribution is -2.28. The Hall–Kier alpha value is -2.15. The van der Waals surface area contributed by atoms with Gasteiger partial charge in [0.05, 0.1) is 6.54 Å². The second-order valence-corrected chi connectivity index (χ2v) is 6.83.